The summed E-state index contributed by atoms with van der Waals surface area (Å²) in [6, 6.07) is 16.5. The molecular weight excluding hydrogens is 425 g/mol. The van der Waals surface area contributed by atoms with Crippen LogP contribution >= 0.6 is 11.3 Å². The van der Waals surface area contributed by atoms with Gasteiger partial charge in [0.15, 0.2) is 0 Å². The summed E-state index contributed by atoms with van der Waals surface area (Å²) < 4.78 is 15.5. The third-order valence-electron chi connectivity index (χ3n) is 5.87. The molecule has 4 aromatic rings. The van der Waals surface area contributed by atoms with Crippen LogP contribution in [-0.2, 0) is 17.9 Å². The quantitative estimate of drug-likeness (QED) is 0.428. The number of aryl methyl sites for hydroxylation is 1. The molecule has 32 heavy (non-hydrogen) atoms. The first-order chi connectivity index (χ1) is 15.5. The fourth-order valence-electron chi connectivity index (χ4n) is 3.99. The van der Waals surface area contributed by atoms with Crippen LogP contribution in [0.1, 0.15) is 24.0 Å². The van der Waals surface area contributed by atoms with Crippen LogP contribution < -0.4 is 5.56 Å². The van der Waals surface area contributed by atoms with E-state index in [0.29, 0.717) is 15.8 Å². The number of fused-ring (bicyclic) bond motifs is 1. The monoisotopic (exact) mass is 447 g/mol. The van der Waals surface area contributed by atoms with Crippen molar-refractivity contribution in [3.05, 3.63) is 88.2 Å². The minimum Gasteiger partial charge on any atom is -0.334 e. The topological polar surface area (TPSA) is 55.2 Å². The number of carbonyl (C=O) groups excluding carboxylic acids is 1. The van der Waals surface area contributed by atoms with Crippen LogP contribution in [0.15, 0.2) is 65.7 Å². The van der Waals surface area contributed by atoms with Gasteiger partial charge in [-0.25, -0.2) is 9.37 Å². The van der Waals surface area contributed by atoms with E-state index < -0.39 is 0 Å². The third-order valence-corrected chi connectivity index (χ3v) is 7.11. The lowest BCUT2D eigenvalue weighted by molar-refractivity contribution is -0.133. The molecule has 162 valence electrons. The van der Waals surface area contributed by atoms with Crippen molar-refractivity contribution in [2.75, 3.05) is 0 Å². The van der Waals surface area contributed by atoms with E-state index in [4.69, 9.17) is 0 Å². The molecule has 2 aromatic heterocycles. The average Bonchev–Trinajstić information content (AvgIpc) is 3.58. The van der Waals surface area contributed by atoms with Gasteiger partial charge >= 0.3 is 0 Å². The standard InChI is InChI=1S/C25H22FN3O2S/c1-16-22-24(32-23(16)17-7-3-2-4-8-17)27-15-28(25(22)31)14-21(30)29(19-11-12-19)13-18-9-5-6-10-20(18)26/h2-10,15,19H,11-14H2,1H3. The van der Waals surface area contributed by atoms with Gasteiger partial charge in [-0.2, -0.15) is 0 Å². The smallest absolute Gasteiger partial charge is 0.262 e. The SMILES string of the molecule is Cc1c(-c2ccccc2)sc2ncn(CC(=O)N(Cc3ccccc3F)C3CC3)c(=O)c12. The molecule has 5 nitrogen and oxygen atoms in total. The molecule has 5 rings (SSSR count). The molecule has 0 aliphatic heterocycles. The van der Waals surface area contributed by atoms with Crippen LogP contribution in [0.2, 0.25) is 0 Å². The van der Waals surface area contributed by atoms with Crippen molar-refractivity contribution in [3.8, 4) is 10.4 Å². The van der Waals surface area contributed by atoms with Crippen LogP contribution in [0.4, 0.5) is 4.39 Å². The molecule has 0 spiro atoms. The maximum atomic E-state index is 14.1. The Hall–Kier alpha value is -3.32. The van der Waals surface area contributed by atoms with Gasteiger partial charge in [0, 0.05) is 23.0 Å². The number of aromatic nitrogens is 2. The Bertz CT molecular complexity index is 1360. The molecule has 7 heteroatoms. The maximum Gasteiger partial charge on any atom is 0.262 e. The zero-order valence-corrected chi connectivity index (χ0v) is 18.4. The van der Waals surface area contributed by atoms with Gasteiger partial charge in [0.05, 0.1) is 11.7 Å². The normalized spacial score (nSPS) is 13.4. The molecule has 0 unspecified atom stereocenters. The highest BCUT2D eigenvalue weighted by molar-refractivity contribution is 7.22. The van der Waals surface area contributed by atoms with E-state index in [1.807, 2.05) is 37.3 Å². The molecular formula is C25H22FN3O2S. The largest absolute Gasteiger partial charge is 0.334 e. The van der Waals surface area contributed by atoms with E-state index in [2.05, 4.69) is 4.98 Å². The summed E-state index contributed by atoms with van der Waals surface area (Å²) in [5.74, 6) is -0.524. The number of hydrogen-bond acceptors (Lipinski definition) is 4. The van der Waals surface area contributed by atoms with E-state index in [9.17, 15) is 14.0 Å². The summed E-state index contributed by atoms with van der Waals surface area (Å²) in [6.07, 6.45) is 3.24. The van der Waals surface area contributed by atoms with Gasteiger partial charge in [-0.3, -0.25) is 14.2 Å². The number of hydrogen-bond donors (Lipinski definition) is 0. The fraction of sp³-hybridized carbons (Fsp3) is 0.240. The second kappa shape index (κ2) is 8.31. The van der Waals surface area contributed by atoms with Gasteiger partial charge in [0.1, 0.15) is 17.2 Å². The number of thiophene rings is 1. The number of amides is 1. The predicted octanol–water partition coefficient (Wildman–Crippen LogP) is 4.76. The Morgan fingerprint density at radius 2 is 1.88 bits per heavy atom. The molecule has 2 aromatic carbocycles. The average molecular weight is 448 g/mol. The highest BCUT2D eigenvalue weighted by Crippen LogP contribution is 2.35. The zero-order chi connectivity index (χ0) is 22.2. The highest BCUT2D eigenvalue weighted by Gasteiger charge is 2.33. The van der Waals surface area contributed by atoms with Crippen molar-refractivity contribution in [2.24, 2.45) is 0 Å². The van der Waals surface area contributed by atoms with Gasteiger partial charge < -0.3 is 4.90 Å². The molecule has 0 N–H and O–H groups in total. The predicted molar refractivity (Wildman–Crippen MR) is 124 cm³/mol. The second-order valence-electron chi connectivity index (χ2n) is 8.12. The molecule has 2 heterocycles. The Balaban J connectivity index is 1.45. The summed E-state index contributed by atoms with van der Waals surface area (Å²) >= 11 is 1.48. The summed E-state index contributed by atoms with van der Waals surface area (Å²) in [4.78, 5) is 34.2. The van der Waals surface area contributed by atoms with E-state index in [0.717, 1.165) is 28.8 Å². The van der Waals surface area contributed by atoms with Crippen molar-refractivity contribution in [3.63, 3.8) is 0 Å². The number of carbonyl (C=O) groups is 1. The summed E-state index contributed by atoms with van der Waals surface area (Å²) in [7, 11) is 0. The van der Waals surface area contributed by atoms with E-state index in [1.54, 1.807) is 23.1 Å². The molecule has 0 radical (unpaired) electrons. The van der Waals surface area contributed by atoms with E-state index in [-0.39, 0.29) is 36.4 Å². The Morgan fingerprint density at radius 3 is 2.59 bits per heavy atom. The van der Waals surface area contributed by atoms with Gasteiger partial charge in [-0.15, -0.1) is 11.3 Å². The number of halogens is 1. The van der Waals surface area contributed by atoms with Crippen molar-refractivity contribution in [2.45, 2.75) is 38.9 Å². The summed E-state index contributed by atoms with van der Waals surface area (Å²) in [5.41, 5.74) is 2.18. The lowest BCUT2D eigenvalue weighted by Crippen LogP contribution is -2.37. The first-order valence-corrected chi connectivity index (χ1v) is 11.4. The minimum atomic E-state index is -0.325. The van der Waals surface area contributed by atoms with E-state index in [1.165, 1.54) is 28.3 Å². The Labute approximate surface area is 188 Å². The maximum absolute atomic E-state index is 14.1. The van der Waals surface area contributed by atoms with Gasteiger partial charge in [0.25, 0.3) is 5.56 Å². The molecule has 0 bridgehead atoms. The Morgan fingerprint density at radius 1 is 1.16 bits per heavy atom. The van der Waals surface area contributed by atoms with Crippen LogP contribution in [0.3, 0.4) is 0 Å². The fourth-order valence-corrected chi connectivity index (χ4v) is 5.14. The lowest BCUT2D eigenvalue weighted by Gasteiger charge is -2.23. The second-order valence-corrected chi connectivity index (χ2v) is 9.12. The van der Waals surface area contributed by atoms with Crippen molar-refractivity contribution >= 4 is 27.5 Å². The highest BCUT2D eigenvalue weighted by atomic mass is 32.1. The van der Waals surface area contributed by atoms with E-state index >= 15 is 0 Å². The lowest BCUT2D eigenvalue weighted by atomic mass is 10.1. The van der Waals surface area contributed by atoms with Crippen molar-refractivity contribution in [1.82, 2.24) is 14.5 Å². The van der Waals surface area contributed by atoms with Crippen LogP contribution in [-0.4, -0.2) is 26.4 Å². The molecule has 1 amide bonds. The van der Waals surface area contributed by atoms with Crippen molar-refractivity contribution in [1.29, 1.82) is 0 Å². The first-order valence-electron chi connectivity index (χ1n) is 10.6. The number of nitrogens with zero attached hydrogens (tertiary/aromatic N) is 3. The minimum absolute atomic E-state index is 0.0991. The Kier molecular flexibility index (Phi) is 5.35. The van der Waals surface area contributed by atoms with Gasteiger partial charge in [0.2, 0.25) is 5.91 Å². The molecule has 1 saturated carbocycles. The van der Waals surface area contributed by atoms with Crippen LogP contribution in [0.5, 0.6) is 0 Å². The van der Waals surface area contributed by atoms with Crippen LogP contribution in [0.25, 0.3) is 20.7 Å². The zero-order valence-electron chi connectivity index (χ0n) is 17.6. The number of rotatable bonds is 6. The molecule has 1 aliphatic rings. The number of benzene rings is 2. The molecule has 1 aliphatic carbocycles. The third kappa shape index (κ3) is 3.84. The summed E-state index contributed by atoms with van der Waals surface area (Å²) in [6.45, 7) is 2.02. The molecule has 0 atom stereocenters. The summed E-state index contributed by atoms with van der Waals surface area (Å²) in [5, 5.41) is 0.552. The van der Waals surface area contributed by atoms with Gasteiger partial charge in [-0.05, 0) is 37.0 Å². The van der Waals surface area contributed by atoms with Crippen molar-refractivity contribution < 1.29 is 9.18 Å². The van der Waals surface area contributed by atoms with Crippen LogP contribution in [0, 0.1) is 12.7 Å². The molecule has 1 fully saturated rings. The first kappa shape index (κ1) is 20.6. The molecule has 0 saturated heterocycles. The van der Waals surface area contributed by atoms with Gasteiger partial charge in [-0.1, -0.05) is 48.5 Å².